The summed E-state index contributed by atoms with van der Waals surface area (Å²) in [5.74, 6) is 5.88. The maximum Gasteiger partial charge on any atom is 0.0718 e. The molecule has 0 aliphatic carbocycles. The molecular weight excluding hydrogens is 228 g/mol. The van der Waals surface area contributed by atoms with Gasteiger partial charge >= 0.3 is 0 Å². The highest BCUT2D eigenvalue weighted by molar-refractivity contribution is 5.35. The second kappa shape index (κ2) is 9.67. The average Bonchev–Trinajstić information content (AvgIpc) is 2.40. The highest BCUT2D eigenvalue weighted by Crippen LogP contribution is 2.04. The van der Waals surface area contributed by atoms with Crippen molar-refractivity contribution < 1.29 is 14.6 Å². The largest absolute Gasteiger partial charge is 0.395 e. The number of benzene rings is 1. The first kappa shape index (κ1) is 14.7. The topological polar surface area (TPSA) is 38.7 Å². The van der Waals surface area contributed by atoms with Crippen molar-refractivity contribution in [1.82, 2.24) is 0 Å². The van der Waals surface area contributed by atoms with Crippen molar-refractivity contribution >= 4 is 0 Å². The van der Waals surface area contributed by atoms with Crippen LogP contribution < -0.4 is 0 Å². The van der Waals surface area contributed by atoms with Gasteiger partial charge in [-0.15, -0.1) is 0 Å². The van der Waals surface area contributed by atoms with Crippen molar-refractivity contribution in [2.45, 2.75) is 20.0 Å². The van der Waals surface area contributed by atoms with Gasteiger partial charge in [0, 0.05) is 18.6 Å². The van der Waals surface area contributed by atoms with Crippen molar-refractivity contribution in [1.29, 1.82) is 0 Å². The van der Waals surface area contributed by atoms with Crippen molar-refractivity contribution in [3.05, 3.63) is 35.4 Å². The van der Waals surface area contributed by atoms with Gasteiger partial charge in [0.15, 0.2) is 0 Å². The lowest BCUT2D eigenvalue weighted by Gasteiger charge is -2.04. The van der Waals surface area contributed by atoms with E-state index in [0.717, 1.165) is 17.7 Å². The number of ether oxygens (including phenoxy) is 2. The molecule has 0 aromatic heterocycles. The second-order valence-corrected chi connectivity index (χ2v) is 3.72. The zero-order valence-electron chi connectivity index (χ0n) is 10.8. The SMILES string of the molecule is CCOCCOCc1ccc(C#CCCO)cc1. The van der Waals surface area contributed by atoms with Gasteiger partial charge in [-0.25, -0.2) is 0 Å². The fourth-order valence-electron chi connectivity index (χ4n) is 1.36. The Morgan fingerprint density at radius 3 is 2.50 bits per heavy atom. The van der Waals surface area contributed by atoms with Crippen LogP contribution in [0.3, 0.4) is 0 Å². The Kier molecular flexibility index (Phi) is 7.90. The van der Waals surface area contributed by atoms with Gasteiger partial charge < -0.3 is 14.6 Å². The average molecular weight is 248 g/mol. The summed E-state index contributed by atoms with van der Waals surface area (Å²) in [7, 11) is 0. The molecule has 0 bridgehead atoms. The minimum Gasteiger partial charge on any atom is -0.395 e. The molecule has 3 nitrogen and oxygen atoms in total. The molecule has 0 heterocycles. The lowest BCUT2D eigenvalue weighted by Crippen LogP contribution is -2.03. The zero-order chi connectivity index (χ0) is 13.1. The summed E-state index contributed by atoms with van der Waals surface area (Å²) in [5, 5.41) is 8.62. The molecule has 0 amide bonds. The maximum atomic E-state index is 8.62. The number of aliphatic hydroxyl groups excluding tert-OH is 1. The number of hydrogen-bond donors (Lipinski definition) is 1. The van der Waals surface area contributed by atoms with Gasteiger partial charge in [0.25, 0.3) is 0 Å². The van der Waals surface area contributed by atoms with E-state index in [4.69, 9.17) is 14.6 Å². The summed E-state index contributed by atoms with van der Waals surface area (Å²) in [6.45, 7) is 4.66. The predicted octanol–water partition coefficient (Wildman–Crippen LogP) is 1.97. The molecule has 18 heavy (non-hydrogen) atoms. The van der Waals surface area contributed by atoms with E-state index >= 15 is 0 Å². The molecule has 0 radical (unpaired) electrons. The summed E-state index contributed by atoms with van der Waals surface area (Å²) in [5.41, 5.74) is 2.08. The van der Waals surface area contributed by atoms with Gasteiger partial charge in [-0.1, -0.05) is 24.0 Å². The minimum atomic E-state index is 0.110. The number of hydrogen-bond acceptors (Lipinski definition) is 3. The van der Waals surface area contributed by atoms with Crippen molar-refractivity contribution in [2.24, 2.45) is 0 Å². The fraction of sp³-hybridized carbons (Fsp3) is 0.467. The Bertz CT molecular complexity index is 373. The van der Waals surface area contributed by atoms with Crippen LogP contribution in [0.15, 0.2) is 24.3 Å². The van der Waals surface area contributed by atoms with Crippen LogP contribution >= 0.6 is 0 Å². The van der Waals surface area contributed by atoms with Crippen LogP contribution in [0.1, 0.15) is 24.5 Å². The van der Waals surface area contributed by atoms with E-state index in [1.54, 1.807) is 0 Å². The van der Waals surface area contributed by atoms with E-state index in [2.05, 4.69) is 11.8 Å². The summed E-state index contributed by atoms with van der Waals surface area (Å²) < 4.78 is 10.6. The van der Waals surface area contributed by atoms with Crippen LogP contribution in [0.4, 0.5) is 0 Å². The molecule has 0 atom stereocenters. The Labute approximate surface area is 109 Å². The lowest BCUT2D eigenvalue weighted by molar-refractivity contribution is 0.0453. The Hall–Kier alpha value is -1.34. The van der Waals surface area contributed by atoms with Crippen molar-refractivity contribution in [3.8, 4) is 11.8 Å². The molecule has 3 heteroatoms. The number of aliphatic hydroxyl groups is 1. The van der Waals surface area contributed by atoms with E-state index in [1.807, 2.05) is 31.2 Å². The van der Waals surface area contributed by atoms with Gasteiger partial charge in [-0.3, -0.25) is 0 Å². The first-order valence-electron chi connectivity index (χ1n) is 6.21. The summed E-state index contributed by atoms with van der Waals surface area (Å²) >= 11 is 0. The predicted molar refractivity (Wildman–Crippen MR) is 71.2 cm³/mol. The first-order valence-corrected chi connectivity index (χ1v) is 6.21. The molecule has 0 fully saturated rings. The highest BCUT2D eigenvalue weighted by atomic mass is 16.5. The van der Waals surface area contributed by atoms with Crippen LogP contribution in [-0.4, -0.2) is 31.5 Å². The molecule has 0 aliphatic heterocycles. The van der Waals surface area contributed by atoms with Crippen LogP contribution in [0.5, 0.6) is 0 Å². The molecule has 1 rings (SSSR count). The fourth-order valence-corrected chi connectivity index (χ4v) is 1.36. The molecule has 1 aromatic rings. The maximum absolute atomic E-state index is 8.62. The molecule has 0 saturated carbocycles. The van der Waals surface area contributed by atoms with Crippen LogP contribution in [0.2, 0.25) is 0 Å². The van der Waals surface area contributed by atoms with Crippen molar-refractivity contribution in [2.75, 3.05) is 26.4 Å². The monoisotopic (exact) mass is 248 g/mol. The minimum absolute atomic E-state index is 0.110. The van der Waals surface area contributed by atoms with Gasteiger partial charge in [-0.05, 0) is 24.6 Å². The van der Waals surface area contributed by atoms with Gasteiger partial charge in [0.2, 0.25) is 0 Å². The zero-order valence-corrected chi connectivity index (χ0v) is 10.8. The summed E-state index contributed by atoms with van der Waals surface area (Å²) in [6.07, 6.45) is 0.516. The van der Waals surface area contributed by atoms with E-state index in [-0.39, 0.29) is 6.61 Å². The molecule has 98 valence electrons. The molecule has 0 unspecified atom stereocenters. The molecule has 1 N–H and O–H groups in total. The third-order valence-electron chi connectivity index (χ3n) is 2.27. The van der Waals surface area contributed by atoms with Gasteiger partial charge in [-0.2, -0.15) is 0 Å². The molecular formula is C15H20O3. The number of rotatable bonds is 7. The van der Waals surface area contributed by atoms with Crippen LogP contribution in [0, 0.1) is 11.8 Å². The summed E-state index contributed by atoms with van der Waals surface area (Å²) in [6, 6.07) is 7.94. The molecule has 0 spiro atoms. The Morgan fingerprint density at radius 2 is 1.83 bits per heavy atom. The van der Waals surface area contributed by atoms with Gasteiger partial charge in [0.05, 0.1) is 26.4 Å². The van der Waals surface area contributed by atoms with E-state index < -0.39 is 0 Å². The Morgan fingerprint density at radius 1 is 1.11 bits per heavy atom. The normalized spacial score (nSPS) is 9.89. The smallest absolute Gasteiger partial charge is 0.0718 e. The summed E-state index contributed by atoms with van der Waals surface area (Å²) in [4.78, 5) is 0. The third kappa shape index (κ3) is 6.41. The van der Waals surface area contributed by atoms with Crippen LogP contribution in [-0.2, 0) is 16.1 Å². The van der Waals surface area contributed by atoms with Crippen molar-refractivity contribution in [3.63, 3.8) is 0 Å². The van der Waals surface area contributed by atoms with E-state index in [1.165, 1.54) is 0 Å². The van der Waals surface area contributed by atoms with Gasteiger partial charge in [0.1, 0.15) is 0 Å². The standard InChI is InChI=1S/C15H20O3/c1-2-17-11-12-18-13-15-8-6-14(7-9-15)5-3-4-10-16/h6-9,16H,2,4,10-13H2,1H3. The van der Waals surface area contributed by atoms with E-state index in [0.29, 0.717) is 26.2 Å². The quantitative estimate of drug-likeness (QED) is 0.592. The second-order valence-electron chi connectivity index (χ2n) is 3.72. The lowest BCUT2D eigenvalue weighted by atomic mass is 10.1. The highest BCUT2D eigenvalue weighted by Gasteiger charge is 1.93. The van der Waals surface area contributed by atoms with Crippen LogP contribution in [0.25, 0.3) is 0 Å². The third-order valence-corrected chi connectivity index (χ3v) is 2.27. The molecule has 0 saturated heterocycles. The molecule has 1 aromatic carbocycles. The molecule has 0 aliphatic rings. The Balaban J connectivity index is 2.30. The van der Waals surface area contributed by atoms with E-state index in [9.17, 15) is 0 Å². The first-order chi connectivity index (χ1) is 8.86.